The van der Waals surface area contributed by atoms with E-state index < -0.39 is 0 Å². The molecule has 0 bridgehead atoms. The van der Waals surface area contributed by atoms with E-state index in [-0.39, 0.29) is 24.3 Å². The van der Waals surface area contributed by atoms with Gasteiger partial charge in [0.15, 0.2) is 0 Å². The van der Waals surface area contributed by atoms with Crippen LogP contribution in [-0.2, 0) is 6.42 Å². The summed E-state index contributed by atoms with van der Waals surface area (Å²) in [5, 5.41) is 0. The van der Waals surface area contributed by atoms with E-state index in [1.165, 1.54) is 12.1 Å². The van der Waals surface area contributed by atoms with Crippen molar-refractivity contribution < 1.29 is 9.13 Å². The maximum absolute atomic E-state index is 13.6. The van der Waals surface area contributed by atoms with Crippen LogP contribution in [0.25, 0.3) is 11.1 Å². The fourth-order valence-corrected chi connectivity index (χ4v) is 2.26. The highest BCUT2D eigenvalue weighted by atomic mass is 35.5. The number of benzene rings is 1. The lowest BCUT2D eigenvalue weighted by Gasteiger charge is -2.10. The minimum atomic E-state index is -0.256. The van der Waals surface area contributed by atoms with Gasteiger partial charge in [-0.15, -0.1) is 12.4 Å². The maximum atomic E-state index is 13.6. The van der Waals surface area contributed by atoms with Crippen molar-refractivity contribution in [2.75, 3.05) is 6.54 Å². The number of pyridine rings is 1. The molecule has 0 saturated carbocycles. The van der Waals surface area contributed by atoms with E-state index in [0.29, 0.717) is 13.0 Å². The molecule has 1 aromatic carbocycles. The molecule has 0 radical (unpaired) electrons. The van der Waals surface area contributed by atoms with Gasteiger partial charge in [0.1, 0.15) is 17.7 Å². The van der Waals surface area contributed by atoms with Crippen LogP contribution in [0, 0.1) is 5.82 Å². The Labute approximate surface area is 117 Å². The quantitative estimate of drug-likeness (QED) is 0.920. The molecule has 100 valence electrons. The number of aromatic nitrogens is 1. The van der Waals surface area contributed by atoms with Crippen LogP contribution in [0.1, 0.15) is 5.56 Å². The van der Waals surface area contributed by atoms with Crippen molar-refractivity contribution in [3.63, 3.8) is 0 Å². The molecule has 2 N–H and O–H groups in total. The first-order valence-electron chi connectivity index (χ1n) is 5.87. The van der Waals surface area contributed by atoms with E-state index in [1.807, 2.05) is 12.1 Å². The van der Waals surface area contributed by atoms with Gasteiger partial charge in [0.05, 0.1) is 0 Å². The monoisotopic (exact) mass is 280 g/mol. The molecule has 2 heterocycles. The molecule has 1 aliphatic rings. The number of rotatable bonds is 2. The summed E-state index contributed by atoms with van der Waals surface area (Å²) in [5.74, 6) is 0.480. The number of hydrogen-bond donors (Lipinski definition) is 1. The van der Waals surface area contributed by atoms with E-state index in [1.54, 1.807) is 12.4 Å². The topological polar surface area (TPSA) is 48.1 Å². The van der Waals surface area contributed by atoms with Crippen LogP contribution in [0.3, 0.4) is 0 Å². The lowest BCUT2D eigenvalue weighted by Crippen LogP contribution is -2.24. The van der Waals surface area contributed by atoms with E-state index in [4.69, 9.17) is 10.5 Å². The Morgan fingerprint density at radius 1 is 1.42 bits per heavy atom. The third-order valence-corrected chi connectivity index (χ3v) is 3.10. The van der Waals surface area contributed by atoms with E-state index in [0.717, 1.165) is 22.4 Å². The smallest absolute Gasteiger partial charge is 0.131 e. The van der Waals surface area contributed by atoms with E-state index in [9.17, 15) is 4.39 Å². The van der Waals surface area contributed by atoms with Gasteiger partial charge >= 0.3 is 0 Å². The molecule has 3 rings (SSSR count). The van der Waals surface area contributed by atoms with E-state index >= 15 is 0 Å². The predicted octanol–water partition coefficient (Wildman–Crippen LogP) is 2.57. The van der Waals surface area contributed by atoms with Crippen molar-refractivity contribution in [3.8, 4) is 16.9 Å². The van der Waals surface area contributed by atoms with Gasteiger partial charge in [0.25, 0.3) is 0 Å². The lowest BCUT2D eigenvalue weighted by atomic mass is 10.0. The zero-order valence-corrected chi connectivity index (χ0v) is 11.0. The highest BCUT2D eigenvalue weighted by Gasteiger charge is 2.25. The number of nitrogens with zero attached hydrogens (tertiary/aromatic N) is 1. The Hall–Kier alpha value is -1.65. The maximum Gasteiger partial charge on any atom is 0.131 e. The molecule has 0 aliphatic carbocycles. The highest BCUT2D eigenvalue weighted by molar-refractivity contribution is 5.85. The molecule has 5 heteroatoms. The minimum Gasteiger partial charge on any atom is -0.488 e. The highest BCUT2D eigenvalue weighted by Crippen LogP contribution is 2.39. The second kappa shape index (κ2) is 5.55. The summed E-state index contributed by atoms with van der Waals surface area (Å²) in [6, 6.07) is 6.71. The van der Waals surface area contributed by atoms with Crippen LogP contribution in [0.4, 0.5) is 4.39 Å². The largest absolute Gasteiger partial charge is 0.488 e. The Balaban J connectivity index is 0.00000133. The summed E-state index contributed by atoms with van der Waals surface area (Å²) in [6.07, 6.45) is 4.00. The van der Waals surface area contributed by atoms with Gasteiger partial charge in [-0.2, -0.15) is 0 Å². The molecule has 1 atom stereocenters. The summed E-state index contributed by atoms with van der Waals surface area (Å²) >= 11 is 0. The van der Waals surface area contributed by atoms with Crippen molar-refractivity contribution in [1.82, 2.24) is 4.98 Å². The average molecular weight is 281 g/mol. The second-order valence-corrected chi connectivity index (χ2v) is 4.36. The molecule has 2 aromatic rings. The molecule has 1 aliphatic heterocycles. The molecular weight excluding hydrogens is 267 g/mol. The summed E-state index contributed by atoms with van der Waals surface area (Å²) < 4.78 is 19.4. The first-order valence-corrected chi connectivity index (χ1v) is 5.87. The Morgan fingerprint density at radius 3 is 2.95 bits per heavy atom. The average Bonchev–Trinajstić information content (AvgIpc) is 2.81. The summed E-state index contributed by atoms with van der Waals surface area (Å²) in [4.78, 5) is 4.05. The molecule has 19 heavy (non-hydrogen) atoms. The van der Waals surface area contributed by atoms with Gasteiger partial charge in [-0.25, -0.2) is 4.39 Å². The third kappa shape index (κ3) is 2.55. The van der Waals surface area contributed by atoms with Gasteiger partial charge < -0.3 is 10.5 Å². The van der Waals surface area contributed by atoms with Gasteiger partial charge in [-0.3, -0.25) is 4.98 Å². The molecular formula is C14H14ClFN2O. The number of fused-ring (bicyclic) bond motifs is 1. The predicted molar refractivity (Wildman–Crippen MR) is 74.1 cm³/mol. The zero-order chi connectivity index (χ0) is 12.5. The minimum absolute atomic E-state index is 0. The Morgan fingerprint density at radius 2 is 2.26 bits per heavy atom. The molecule has 1 unspecified atom stereocenters. The molecule has 1 aromatic heterocycles. The van der Waals surface area contributed by atoms with Crippen molar-refractivity contribution in [2.45, 2.75) is 12.5 Å². The fourth-order valence-electron chi connectivity index (χ4n) is 2.26. The van der Waals surface area contributed by atoms with Crippen molar-refractivity contribution in [3.05, 3.63) is 48.0 Å². The van der Waals surface area contributed by atoms with Crippen LogP contribution >= 0.6 is 12.4 Å². The number of hydrogen-bond acceptors (Lipinski definition) is 3. The van der Waals surface area contributed by atoms with Crippen molar-refractivity contribution in [1.29, 1.82) is 0 Å². The van der Waals surface area contributed by atoms with Crippen LogP contribution in [-0.4, -0.2) is 17.6 Å². The van der Waals surface area contributed by atoms with Crippen LogP contribution in [0.2, 0.25) is 0 Å². The first kappa shape index (κ1) is 13.8. The summed E-state index contributed by atoms with van der Waals surface area (Å²) in [6.45, 7) is 0.433. The van der Waals surface area contributed by atoms with Crippen LogP contribution < -0.4 is 10.5 Å². The van der Waals surface area contributed by atoms with Crippen molar-refractivity contribution in [2.24, 2.45) is 5.73 Å². The van der Waals surface area contributed by atoms with E-state index in [2.05, 4.69) is 4.98 Å². The van der Waals surface area contributed by atoms with Gasteiger partial charge in [-0.05, 0) is 18.2 Å². The zero-order valence-electron chi connectivity index (χ0n) is 10.2. The lowest BCUT2D eigenvalue weighted by molar-refractivity contribution is 0.242. The molecule has 0 amide bonds. The standard InChI is InChI=1S/C14H13FN2O.ClH/c15-11-4-10-5-12(7-16)18-14(10)13(6-11)9-2-1-3-17-8-9;/h1-4,6,8,12H,5,7,16H2;1H. The summed E-state index contributed by atoms with van der Waals surface area (Å²) in [7, 11) is 0. The van der Waals surface area contributed by atoms with Gasteiger partial charge in [-0.1, -0.05) is 6.07 Å². The third-order valence-electron chi connectivity index (χ3n) is 3.10. The molecule has 0 spiro atoms. The molecule has 3 nitrogen and oxygen atoms in total. The van der Waals surface area contributed by atoms with Crippen LogP contribution in [0.15, 0.2) is 36.7 Å². The SMILES string of the molecule is Cl.NCC1Cc2cc(F)cc(-c3cccnc3)c2O1. The Kier molecular flexibility index (Phi) is 4.02. The Bertz CT molecular complexity index is 577. The number of ether oxygens (including phenoxy) is 1. The number of nitrogens with two attached hydrogens (primary N) is 1. The first-order chi connectivity index (χ1) is 8.78. The molecule has 0 fully saturated rings. The van der Waals surface area contributed by atoms with Gasteiger partial charge in [0.2, 0.25) is 0 Å². The molecule has 0 saturated heterocycles. The van der Waals surface area contributed by atoms with Crippen molar-refractivity contribution >= 4 is 12.4 Å². The fraction of sp³-hybridized carbons (Fsp3) is 0.214. The normalized spacial score (nSPS) is 16.4. The summed E-state index contributed by atoms with van der Waals surface area (Å²) in [5.41, 5.74) is 8.09. The van der Waals surface area contributed by atoms with Crippen LogP contribution in [0.5, 0.6) is 5.75 Å². The van der Waals surface area contributed by atoms with Gasteiger partial charge in [0, 0.05) is 42.0 Å². The second-order valence-electron chi connectivity index (χ2n) is 4.36. The number of halogens is 2.